The summed E-state index contributed by atoms with van der Waals surface area (Å²) < 4.78 is 24.0. The fraction of sp³-hybridized carbons (Fsp3) is 0.364. The monoisotopic (exact) mass is 256 g/mol. The van der Waals surface area contributed by atoms with Gasteiger partial charge in [0.15, 0.2) is 0 Å². The van der Waals surface area contributed by atoms with Gasteiger partial charge in [0.25, 0.3) is 0 Å². The van der Waals surface area contributed by atoms with Gasteiger partial charge in [-0.1, -0.05) is 6.92 Å². The maximum atomic E-state index is 11.8. The van der Waals surface area contributed by atoms with Crippen molar-refractivity contribution in [1.29, 1.82) is 0 Å². The van der Waals surface area contributed by atoms with Crippen molar-refractivity contribution in [2.45, 2.75) is 19.8 Å². The van der Waals surface area contributed by atoms with Crippen LogP contribution in [0.4, 0.5) is 11.4 Å². The van der Waals surface area contributed by atoms with Gasteiger partial charge in [-0.25, -0.2) is 12.7 Å². The average Bonchev–Trinajstić information content (AvgIpc) is 2.19. The molecular weight excluding hydrogens is 240 g/mol. The summed E-state index contributed by atoms with van der Waals surface area (Å²) >= 11 is 0. The topological polar surface area (TPSA) is 80.5 Å². The summed E-state index contributed by atoms with van der Waals surface area (Å²) in [6, 6.07) is 6.16. The Kier molecular flexibility index (Phi) is 4.11. The second kappa shape index (κ2) is 5.18. The quantitative estimate of drug-likeness (QED) is 0.825. The first-order valence-electron chi connectivity index (χ1n) is 5.25. The number of carbonyl (C=O) groups is 1. The second-order valence-corrected chi connectivity index (χ2v) is 5.59. The van der Waals surface area contributed by atoms with Gasteiger partial charge in [-0.3, -0.25) is 4.79 Å². The molecule has 0 aliphatic heterocycles. The number of hydrogen-bond acceptors (Lipinski definition) is 4. The third-order valence-corrected chi connectivity index (χ3v) is 3.23. The molecule has 1 aromatic carbocycles. The largest absolute Gasteiger partial charge is 0.399 e. The third kappa shape index (κ3) is 3.45. The van der Waals surface area contributed by atoms with E-state index in [1.54, 1.807) is 12.1 Å². The van der Waals surface area contributed by atoms with Crippen molar-refractivity contribution < 1.29 is 13.2 Å². The number of amides is 1. The van der Waals surface area contributed by atoms with Gasteiger partial charge in [-0.2, -0.15) is 0 Å². The number of hydrogen-bond donors (Lipinski definition) is 1. The fourth-order valence-corrected chi connectivity index (χ4v) is 2.41. The molecule has 0 aromatic heterocycles. The van der Waals surface area contributed by atoms with Crippen molar-refractivity contribution in [2.24, 2.45) is 0 Å². The summed E-state index contributed by atoms with van der Waals surface area (Å²) in [5, 5.41) is 0. The molecule has 0 heterocycles. The number of sulfonamides is 1. The van der Waals surface area contributed by atoms with E-state index in [2.05, 4.69) is 0 Å². The van der Waals surface area contributed by atoms with Crippen LogP contribution in [0.25, 0.3) is 0 Å². The van der Waals surface area contributed by atoms with E-state index in [9.17, 15) is 13.2 Å². The zero-order valence-corrected chi connectivity index (χ0v) is 10.7. The minimum atomic E-state index is -3.61. The van der Waals surface area contributed by atoms with Crippen LogP contribution in [-0.2, 0) is 14.8 Å². The first-order chi connectivity index (χ1) is 7.86. The van der Waals surface area contributed by atoms with Gasteiger partial charge in [0.05, 0.1) is 11.9 Å². The van der Waals surface area contributed by atoms with E-state index in [1.807, 2.05) is 6.92 Å². The Hall–Kier alpha value is -1.56. The zero-order chi connectivity index (χ0) is 13.1. The Balaban J connectivity index is 3.16. The number of nitrogens with zero attached hydrogens (tertiary/aromatic N) is 1. The minimum absolute atomic E-state index is 0.192. The zero-order valence-electron chi connectivity index (χ0n) is 9.88. The van der Waals surface area contributed by atoms with Crippen LogP contribution in [0.5, 0.6) is 0 Å². The van der Waals surface area contributed by atoms with E-state index in [0.29, 0.717) is 17.8 Å². The molecule has 0 aliphatic rings. The number of rotatable bonds is 4. The molecule has 0 aliphatic carbocycles. The molecule has 1 aromatic rings. The van der Waals surface area contributed by atoms with Gasteiger partial charge in [0, 0.05) is 12.1 Å². The van der Waals surface area contributed by atoms with E-state index in [-0.39, 0.29) is 6.42 Å². The van der Waals surface area contributed by atoms with Crippen molar-refractivity contribution in [3.8, 4) is 0 Å². The Labute approximate surface area is 101 Å². The van der Waals surface area contributed by atoms with E-state index >= 15 is 0 Å². The summed E-state index contributed by atoms with van der Waals surface area (Å²) in [6.45, 7) is 1.82. The predicted molar refractivity (Wildman–Crippen MR) is 68.1 cm³/mol. The Morgan fingerprint density at radius 2 is 1.82 bits per heavy atom. The molecule has 0 fully saturated rings. The maximum Gasteiger partial charge on any atom is 0.240 e. The van der Waals surface area contributed by atoms with Gasteiger partial charge >= 0.3 is 0 Å². The molecule has 0 saturated heterocycles. The molecule has 0 bridgehead atoms. The highest BCUT2D eigenvalue weighted by molar-refractivity contribution is 7.92. The lowest BCUT2D eigenvalue weighted by molar-refractivity contribution is -0.117. The minimum Gasteiger partial charge on any atom is -0.399 e. The number of anilines is 2. The maximum absolute atomic E-state index is 11.8. The number of nitrogen functional groups attached to an aromatic ring is 1. The van der Waals surface area contributed by atoms with Crippen LogP contribution in [0.3, 0.4) is 0 Å². The standard InChI is InChI=1S/C11H16N2O3S/c1-3-4-11(14)13(17(2,15)16)10-7-5-9(12)6-8-10/h5-8H,3-4,12H2,1-2H3. The SMILES string of the molecule is CCCC(=O)N(c1ccc(N)cc1)S(C)(=O)=O. The molecule has 1 amide bonds. The van der Waals surface area contributed by atoms with Crippen LogP contribution in [0.15, 0.2) is 24.3 Å². The number of nitrogens with two attached hydrogens (primary N) is 1. The molecule has 1 rings (SSSR count). The van der Waals surface area contributed by atoms with Gasteiger partial charge < -0.3 is 5.73 Å². The van der Waals surface area contributed by atoms with E-state index in [1.165, 1.54) is 12.1 Å². The average molecular weight is 256 g/mol. The molecule has 0 atom stereocenters. The van der Waals surface area contributed by atoms with Crippen LogP contribution >= 0.6 is 0 Å². The molecule has 94 valence electrons. The Morgan fingerprint density at radius 1 is 1.29 bits per heavy atom. The lowest BCUT2D eigenvalue weighted by Crippen LogP contribution is -2.35. The molecule has 6 heteroatoms. The molecule has 0 unspecified atom stereocenters. The lowest BCUT2D eigenvalue weighted by atomic mass is 10.2. The summed E-state index contributed by atoms with van der Waals surface area (Å²) in [6.07, 6.45) is 1.80. The van der Waals surface area contributed by atoms with Crippen LogP contribution in [-0.4, -0.2) is 20.6 Å². The normalized spacial score (nSPS) is 11.2. The first-order valence-corrected chi connectivity index (χ1v) is 7.09. The first kappa shape index (κ1) is 13.5. The molecular formula is C11H16N2O3S. The summed E-state index contributed by atoms with van der Waals surface area (Å²) in [5.41, 5.74) is 6.36. The smallest absolute Gasteiger partial charge is 0.240 e. The van der Waals surface area contributed by atoms with Crippen LogP contribution in [0.1, 0.15) is 19.8 Å². The van der Waals surface area contributed by atoms with E-state index in [4.69, 9.17) is 5.73 Å². The van der Waals surface area contributed by atoms with Gasteiger partial charge in [0.2, 0.25) is 15.9 Å². The molecule has 0 spiro atoms. The molecule has 2 N–H and O–H groups in total. The van der Waals surface area contributed by atoms with Gasteiger partial charge in [-0.05, 0) is 30.7 Å². The van der Waals surface area contributed by atoms with Crippen molar-refractivity contribution in [3.63, 3.8) is 0 Å². The Bertz CT molecular complexity index is 494. The van der Waals surface area contributed by atoms with Crippen molar-refractivity contribution in [2.75, 3.05) is 16.3 Å². The summed E-state index contributed by atoms with van der Waals surface area (Å²) in [4.78, 5) is 11.8. The van der Waals surface area contributed by atoms with Gasteiger partial charge in [0.1, 0.15) is 0 Å². The second-order valence-electron chi connectivity index (χ2n) is 3.76. The third-order valence-electron chi connectivity index (χ3n) is 2.15. The van der Waals surface area contributed by atoms with Crippen molar-refractivity contribution in [3.05, 3.63) is 24.3 Å². The number of benzene rings is 1. The van der Waals surface area contributed by atoms with Gasteiger partial charge in [-0.15, -0.1) is 0 Å². The molecule has 17 heavy (non-hydrogen) atoms. The lowest BCUT2D eigenvalue weighted by Gasteiger charge is -2.20. The molecule has 0 saturated carbocycles. The fourth-order valence-electron chi connectivity index (χ4n) is 1.45. The molecule has 5 nitrogen and oxygen atoms in total. The highest BCUT2D eigenvalue weighted by atomic mass is 32.2. The van der Waals surface area contributed by atoms with Crippen LogP contribution in [0, 0.1) is 0 Å². The summed E-state index contributed by atoms with van der Waals surface area (Å²) in [5.74, 6) is -0.431. The number of carbonyl (C=O) groups excluding carboxylic acids is 1. The molecule has 0 radical (unpaired) electrons. The van der Waals surface area contributed by atoms with E-state index < -0.39 is 15.9 Å². The highest BCUT2D eigenvalue weighted by Gasteiger charge is 2.24. The van der Waals surface area contributed by atoms with Crippen molar-refractivity contribution >= 4 is 27.3 Å². The van der Waals surface area contributed by atoms with Crippen LogP contribution < -0.4 is 10.0 Å². The van der Waals surface area contributed by atoms with Crippen molar-refractivity contribution in [1.82, 2.24) is 0 Å². The van der Waals surface area contributed by atoms with Crippen LogP contribution in [0.2, 0.25) is 0 Å². The summed E-state index contributed by atoms with van der Waals surface area (Å²) in [7, 11) is -3.61. The highest BCUT2D eigenvalue weighted by Crippen LogP contribution is 2.20. The Morgan fingerprint density at radius 3 is 2.24 bits per heavy atom. The van der Waals surface area contributed by atoms with E-state index in [0.717, 1.165) is 10.6 Å². The predicted octanol–water partition coefficient (Wildman–Crippen LogP) is 1.36.